The predicted octanol–water partition coefficient (Wildman–Crippen LogP) is 1.62. The van der Waals surface area contributed by atoms with E-state index in [0.717, 1.165) is 25.0 Å². The van der Waals surface area contributed by atoms with E-state index >= 15 is 0 Å². The van der Waals surface area contributed by atoms with Gasteiger partial charge in [-0.1, -0.05) is 0 Å². The third kappa shape index (κ3) is 1.82. The highest BCUT2D eigenvalue weighted by atomic mass is 32.2. The molecule has 4 nitrogen and oxygen atoms in total. The maximum absolute atomic E-state index is 11.6. The van der Waals surface area contributed by atoms with Gasteiger partial charge in [-0.3, -0.25) is 0 Å². The lowest BCUT2D eigenvalue weighted by Crippen LogP contribution is -2.21. The van der Waals surface area contributed by atoms with Gasteiger partial charge in [-0.2, -0.15) is 0 Å². The monoisotopic (exact) mass is 266 g/mol. The molecular weight excluding hydrogens is 248 g/mol. The molecule has 1 aliphatic heterocycles. The Balaban J connectivity index is 2.06. The van der Waals surface area contributed by atoms with Gasteiger partial charge in [-0.15, -0.1) is 0 Å². The molecule has 5 heteroatoms. The quantitative estimate of drug-likeness (QED) is 0.840. The van der Waals surface area contributed by atoms with Crippen molar-refractivity contribution in [1.82, 2.24) is 4.57 Å². The van der Waals surface area contributed by atoms with E-state index in [1.807, 2.05) is 6.92 Å². The zero-order chi connectivity index (χ0) is 12.9. The van der Waals surface area contributed by atoms with Crippen LogP contribution in [0.25, 0.3) is 0 Å². The number of nitrogens with zero attached hydrogens (tertiary/aromatic N) is 1. The van der Waals surface area contributed by atoms with Crippen molar-refractivity contribution < 1.29 is 8.42 Å². The van der Waals surface area contributed by atoms with Gasteiger partial charge in [0.2, 0.25) is 0 Å². The Morgan fingerprint density at radius 2 is 2.22 bits per heavy atom. The first-order valence-corrected chi connectivity index (χ1v) is 8.06. The molecule has 2 atom stereocenters. The van der Waals surface area contributed by atoms with E-state index < -0.39 is 9.84 Å². The van der Waals surface area contributed by atoms with Gasteiger partial charge in [0.05, 0.1) is 11.8 Å². The van der Waals surface area contributed by atoms with Crippen molar-refractivity contribution in [3.05, 3.63) is 34.5 Å². The lowest BCUT2D eigenvalue weighted by Gasteiger charge is -2.23. The summed E-state index contributed by atoms with van der Waals surface area (Å²) in [4.78, 5) is 0. The number of aromatic nitrogens is 1. The molecule has 0 amide bonds. The van der Waals surface area contributed by atoms with Crippen LogP contribution in [0.3, 0.4) is 0 Å². The van der Waals surface area contributed by atoms with Crippen LogP contribution in [0.4, 0.5) is 0 Å². The molecule has 1 aromatic rings. The van der Waals surface area contributed by atoms with Crippen molar-refractivity contribution in [2.45, 2.75) is 38.3 Å². The van der Waals surface area contributed by atoms with Crippen LogP contribution in [-0.4, -0.2) is 18.7 Å². The summed E-state index contributed by atoms with van der Waals surface area (Å²) >= 11 is 0. The number of hydrogen-bond acceptors (Lipinski definition) is 3. The molecule has 0 aromatic carbocycles. The standard InChI is InChI=1S/C13H18N2O2S/c1-9-7-11-12(14)3-2-4-13(11)15(9)10-5-6-18(16,17)8-10/h5-7,10,12H,2-4,8,14H2,1H3. The number of fused-ring (bicyclic) bond motifs is 1. The fourth-order valence-electron chi connectivity index (χ4n) is 3.14. The molecule has 0 saturated heterocycles. The van der Waals surface area contributed by atoms with Crippen molar-refractivity contribution in [2.75, 3.05) is 5.75 Å². The first kappa shape index (κ1) is 12.0. The Hall–Kier alpha value is -1.07. The van der Waals surface area contributed by atoms with Crippen molar-refractivity contribution in [2.24, 2.45) is 5.73 Å². The number of allylic oxidation sites excluding steroid dienone is 1. The van der Waals surface area contributed by atoms with E-state index in [-0.39, 0.29) is 17.8 Å². The number of hydrogen-bond donors (Lipinski definition) is 1. The summed E-state index contributed by atoms with van der Waals surface area (Å²) in [6, 6.07) is 2.18. The normalized spacial score (nSPS) is 29.4. The fraction of sp³-hybridized carbons (Fsp3) is 0.538. The first-order valence-electron chi connectivity index (χ1n) is 6.35. The zero-order valence-electron chi connectivity index (χ0n) is 10.5. The van der Waals surface area contributed by atoms with Crippen molar-refractivity contribution >= 4 is 9.84 Å². The van der Waals surface area contributed by atoms with Gasteiger partial charge >= 0.3 is 0 Å². The number of rotatable bonds is 1. The SMILES string of the molecule is Cc1cc2c(n1C1C=CS(=O)(=O)C1)CCCC2N. The van der Waals surface area contributed by atoms with E-state index in [0.29, 0.717) is 0 Å². The molecule has 2 unspecified atom stereocenters. The van der Waals surface area contributed by atoms with Gasteiger partial charge < -0.3 is 10.3 Å². The van der Waals surface area contributed by atoms with Gasteiger partial charge in [0.1, 0.15) is 0 Å². The van der Waals surface area contributed by atoms with Crippen molar-refractivity contribution in [3.8, 4) is 0 Å². The Bertz CT molecular complexity index is 613. The molecule has 0 spiro atoms. The second kappa shape index (κ2) is 3.96. The largest absolute Gasteiger partial charge is 0.341 e. The summed E-state index contributed by atoms with van der Waals surface area (Å²) in [7, 11) is -3.01. The minimum absolute atomic E-state index is 0.0518. The minimum Gasteiger partial charge on any atom is -0.341 e. The second-order valence-corrected chi connectivity index (χ2v) is 7.21. The minimum atomic E-state index is -3.01. The molecule has 0 bridgehead atoms. The van der Waals surface area contributed by atoms with Crippen LogP contribution >= 0.6 is 0 Å². The van der Waals surface area contributed by atoms with Crippen molar-refractivity contribution in [1.29, 1.82) is 0 Å². The molecule has 98 valence electrons. The fourth-order valence-corrected chi connectivity index (χ4v) is 4.41. The van der Waals surface area contributed by atoms with Gasteiger partial charge in [0, 0.05) is 22.8 Å². The third-order valence-corrected chi connectivity index (χ3v) is 5.32. The predicted molar refractivity (Wildman–Crippen MR) is 71.0 cm³/mol. The van der Waals surface area contributed by atoms with Crippen LogP contribution in [0.2, 0.25) is 0 Å². The summed E-state index contributed by atoms with van der Waals surface area (Å²) in [6.45, 7) is 2.03. The summed E-state index contributed by atoms with van der Waals surface area (Å²) in [5.41, 5.74) is 9.69. The Labute approximate surface area is 107 Å². The summed E-state index contributed by atoms with van der Waals surface area (Å²) in [6.07, 6.45) is 4.90. The maximum atomic E-state index is 11.6. The Kier molecular flexibility index (Phi) is 2.64. The zero-order valence-corrected chi connectivity index (χ0v) is 11.3. The maximum Gasteiger partial charge on any atom is 0.173 e. The van der Waals surface area contributed by atoms with Crippen LogP contribution in [0.5, 0.6) is 0 Å². The third-order valence-electron chi connectivity index (χ3n) is 3.94. The molecule has 3 rings (SSSR count). The van der Waals surface area contributed by atoms with Crippen LogP contribution in [0, 0.1) is 6.92 Å². The molecule has 1 aliphatic carbocycles. The molecule has 0 fully saturated rings. The van der Waals surface area contributed by atoms with Crippen LogP contribution in [-0.2, 0) is 16.3 Å². The lowest BCUT2D eigenvalue weighted by molar-refractivity contribution is 0.526. The van der Waals surface area contributed by atoms with Gasteiger partial charge in [-0.25, -0.2) is 8.42 Å². The first-order chi connectivity index (χ1) is 8.48. The van der Waals surface area contributed by atoms with Crippen LogP contribution in [0.15, 0.2) is 17.6 Å². The average molecular weight is 266 g/mol. The highest BCUT2D eigenvalue weighted by Crippen LogP contribution is 2.34. The second-order valence-electron chi connectivity index (χ2n) is 5.28. The van der Waals surface area contributed by atoms with Crippen LogP contribution in [0.1, 0.15) is 41.9 Å². The van der Waals surface area contributed by atoms with E-state index in [9.17, 15) is 8.42 Å². The van der Waals surface area contributed by atoms with Crippen LogP contribution < -0.4 is 5.73 Å². The molecular formula is C13H18N2O2S. The van der Waals surface area contributed by atoms with E-state index in [1.54, 1.807) is 6.08 Å². The molecule has 0 radical (unpaired) electrons. The number of nitrogens with two attached hydrogens (primary N) is 1. The Morgan fingerprint density at radius 3 is 2.89 bits per heavy atom. The molecule has 18 heavy (non-hydrogen) atoms. The molecule has 2 N–H and O–H groups in total. The summed E-state index contributed by atoms with van der Waals surface area (Å²) in [5, 5.41) is 1.34. The van der Waals surface area contributed by atoms with Gasteiger partial charge in [0.25, 0.3) is 0 Å². The molecule has 1 aromatic heterocycles. The Morgan fingerprint density at radius 1 is 1.44 bits per heavy atom. The summed E-state index contributed by atoms with van der Waals surface area (Å²) in [5.74, 6) is 0.185. The van der Waals surface area contributed by atoms with Gasteiger partial charge in [0.15, 0.2) is 9.84 Å². The van der Waals surface area contributed by atoms with E-state index in [4.69, 9.17) is 5.73 Å². The van der Waals surface area contributed by atoms with E-state index in [2.05, 4.69) is 10.6 Å². The molecule has 2 heterocycles. The molecule has 2 aliphatic rings. The van der Waals surface area contributed by atoms with Crippen molar-refractivity contribution in [3.63, 3.8) is 0 Å². The number of sulfone groups is 1. The average Bonchev–Trinajstić information content (AvgIpc) is 2.79. The highest BCUT2D eigenvalue weighted by Gasteiger charge is 2.29. The lowest BCUT2D eigenvalue weighted by atomic mass is 9.93. The number of aryl methyl sites for hydroxylation is 1. The highest BCUT2D eigenvalue weighted by molar-refractivity contribution is 7.94. The molecule has 0 saturated carbocycles. The smallest absolute Gasteiger partial charge is 0.173 e. The van der Waals surface area contributed by atoms with E-state index in [1.165, 1.54) is 16.7 Å². The van der Waals surface area contributed by atoms with Gasteiger partial charge in [-0.05, 0) is 43.9 Å². The summed E-state index contributed by atoms with van der Waals surface area (Å²) < 4.78 is 25.3. The topological polar surface area (TPSA) is 65.1 Å².